The van der Waals surface area contributed by atoms with Crippen LogP contribution in [0.3, 0.4) is 0 Å². The Kier molecular flexibility index (Phi) is 7.76. The molecule has 3 aromatic rings. The maximum atomic E-state index is 13.0. The van der Waals surface area contributed by atoms with Gasteiger partial charge in [-0.25, -0.2) is 14.2 Å². The summed E-state index contributed by atoms with van der Waals surface area (Å²) >= 11 is 0. The Morgan fingerprint density at radius 3 is 2.29 bits per heavy atom. The minimum atomic E-state index is -0.431. The lowest BCUT2D eigenvalue weighted by Gasteiger charge is -2.32. The number of imidazole rings is 1. The van der Waals surface area contributed by atoms with E-state index in [-0.39, 0.29) is 30.2 Å². The molecule has 0 radical (unpaired) electrons. The van der Waals surface area contributed by atoms with Crippen LogP contribution in [0.25, 0.3) is 11.0 Å². The third-order valence-corrected chi connectivity index (χ3v) is 7.05. The first-order valence-corrected chi connectivity index (χ1v) is 12.1. The van der Waals surface area contributed by atoms with Gasteiger partial charge in [0.1, 0.15) is 0 Å². The van der Waals surface area contributed by atoms with Crippen LogP contribution in [-0.2, 0) is 0 Å². The molecule has 1 aromatic heterocycles. The van der Waals surface area contributed by atoms with E-state index in [2.05, 4.69) is 10.2 Å². The van der Waals surface area contributed by atoms with Crippen molar-refractivity contribution in [3.63, 3.8) is 0 Å². The maximum Gasteiger partial charge on any atom is 0.337 e. The summed E-state index contributed by atoms with van der Waals surface area (Å²) < 4.78 is 3.07. The van der Waals surface area contributed by atoms with E-state index in [0.717, 1.165) is 62.8 Å². The lowest BCUT2D eigenvalue weighted by Crippen LogP contribution is -2.42. The monoisotopic (exact) mass is 484 g/mol. The van der Waals surface area contributed by atoms with Gasteiger partial charge in [-0.05, 0) is 68.8 Å². The van der Waals surface area contributed by atoms with Crippen molar-refractivity contribution in [2.45, 2.75) is 44.2 Å². The van der Waals surface area contributed by atoms with Gasteiger partial charge < -0.3 is 15.3 Å². The van der Waals surface area contributed by atoms with Crippen molar-refractivity contribution in [2.75, 3.05) is 26.2 Å². The molecular formula is C26H33ClN4O3. The van der Waals surface area contributed by atoms with Crippen molar-refractivity contribution in [1.82, 2.24) is 19.4 Å². The summed E-state index contributed by atoms with van der Waals surface area (Å²) in [4.78, 5) is 28.3. The number of likely N-dealkylation sites (tertiary alicyclic amines) is 1. The molecule has 1 saturated heterocycles. The van der Waals surface area contributed by atoms with E-state index in [4.69, 9.17) is 0 Å². The topological polar surface area (TPSA) is 79.5 Å². The van der Waals surface area contributed by atoms with Gasteiger partial charge in [0.05, 0.1) is 17.1 Å². The SMILES string of the molecule is Cl.O=C(NCC1CCN(CCC(O)c2ccccc2)CC1)n1c(=O)n(C2CC2)c2ccccc21. The van der Waals surface area contributed by atoms with Crippen LogP contribution in [0.4, 0.5) is 4.79 Å². The number of carbonyl (C=O) groups excluding carboxylic acids is 1. The molecule has 34 heavy (non-hydrogen) atoms. The molecule has 182 valence electrons. The van der Waals surface area contributed by atoms with Crippen LogP contribution in [0, 0.1) is 5.92 Å². The molecule has 2 aliphatic rings. The van der Waals surface area contributed by atoms with Crippen LogP contribution >= 0.6 is 12.4 Å². The van der Waals surface area contributed by atoms with E-state index in [1.165, 1.54) is 4.57 Å². The highest BCUT2D eigenvalue weighted by Crippen LogP contribution is 2.36. The van der Waals surface area contributed by atoms with Crippen molar-refractivity contribution >= 4 is 29.5 Å². The first kappa shape index (κ1) is 24.5. The fourth-order valence-electron chi connectivity index (χ4n) is 4.92. The van der Waals surface area contributed by atoms with Gasteiger partial charge in [0.25, 0.3) is 0 Å². The predicted octanol–water partition coefficient (Wildman–Crippen LogP) is 3.95. The number of hydrogen-bond donors (Lipinski definition) is 2. The molecule has 2 N–H and O–H groups in total. The van der Waals surface area contributed by atoms with Gasteiger partial charge in [-0.15, -0.1) is 12.4 Å². The number of nitrogens with one attached hydrogen (secondary N) is 1. The quantitative estimate of drug-likeness (QED) is 0.532. The smallest absolute Gasteiger partial charge is 0.337 e. The highest BCUT2D eigenvalue weighted by atomic mass is 35.5. The zero-order chi connectivity index (χ0) is 22.8. The minimum absolute atomic E-state index is 0. The largest absolute Gasteiger partial charge is 0.388 e. The number of rotatable bonds is 7. The number of benzene rings is 2. The fourth-order valence-corrected chi connectivity index (χ4v) is 4.92. The second kappa shape index (κ2) is 10.8. The third-order valence-electron chi connectivity index (χ3n) is 7.05. The maximum absolute atomic E-state index is 13.0. The number of amides is 1. The Morgan fingerprint density at radius 1 is 0.971 bits per heavy atom. The van der Waals surface area contributed by atoms with E-state index in [1.807, 2.05) is 54.6 Å². The van der Waals surface area contributed by atoms with Gasteiger partial charge in [0.15, 0.2) is 0 Å². The Hall–Kier alpha value is -2.61. The average Bonchev–Trinajstić information content (AvgIpc) is 3.64. The molecule has 5 rings (SSSR count). The Balaban J connectivity index is 0.00000274. The number of hydrogen-bond acceptors (Lipinski definition) is 4. The molecule has 7 nitrogen and oxygen atoms in total. The van der Waals surface area contributed by atoms with Crippen molar-refractivity contribution < 1.29 is 9.90 Å². The lowest BCUT2D eigenvalue weighted by atomic mass is 9.96. The van der Waals surface area contributed by atoms with Crippen LogP contribution in [0.15, 0.2) is 59.4 Å². The second-order valence-corrected chi connectivity index (χ2v) is 9.39. The van der Waals surface area contributed by atoms with Crippen molar-refractivity contribution in [2.24, 2.45) is 5.92 Å². The molecule has 2 heterocycles. The van der Waals surface area contributed by atoms with E-state index >= 15 is 0 Å². The molecule has 1 amide bonds. The first-order valence-electron chi connectivity index (χ1n) is 12.1. The normalized spacial score (nSPS) is 17.9. The fraction of sp³-hybridized carbons (Fsp3) is 0.462. The van der Waals surface area contributed by atoms with Crippen LogP contribution in [-0.4, -0.2) is 51.4 Å². The van der Waals surface area contributed by atoms with E-state index in [9.17, 15) is 14.7 Å². The molecule has 2 aromatic carbocycles. The molecule has 8 heteroatoms. The molecule has 1 aliphatic carbocycles. The van der Waals surface area contributed by atoms with Crippen LogP contribution in [0.1, 0.15) is 49.8 Å². The summed E-state index contributed by atoms with van der Waals surface area (Å²) in [5, 5.41) is 13.4. The number of fused-ring (bicyclic) bond motifs is 1. The Bertz CT molecular complexity index is 1160. The molecule has 2 fully saturated rings. The average molecular weight is 485 g/mol. The van der Waals surface area contributed by atoms with Gasteiger partial charge in [0.2, 0.25) is 0 Å². The van der Waals surface area contributed by atoms with Crippen LogP contribution < -0.4 is 11.0 Å². The van der Waals surface area contributed by atoms with Crippen molar-refractivity contribution in [3.05, 3.63) is 70.6 Å². The lowest BCUT2D eigenvalue weighted by molar-refractivity contribution is 0.123. The summed E-state index contributed by atoms with van der Waals surface area (Å²) in [6.45, 7) is 3.37. The first-order chi connectivity index (χ1) is 16.1. The highest BCUT2D eigenvalue weighted by molar-refractivity contribution is 5.89. The van der Waals surface area contributed by atoms with Crippen molar-refractivity contribution in [3.8, 4) is 0 Å². The zero-order valence-corrected chi connectivity index (χ0v) is 20.1. The number of piperidine rings is 1. The van der Waals surface area contributed by atoms with E-state index < -0.39 is 6.10 Å². The third kappa shape index (κ3) is 5.22. The summed E-state index contributed by atoms with van der Waals surface area (Å²) in [6.07, 6.45) is 4.28. The predicted molar refractivity (Wildman–Crippen MR) is 136 cm³/mol. The second-order valence-electron chi connectivity index (χ2n) is 9.39. The number of aliphatic hydroxyl groups is 1. The number of aromatic nitrogens is 2. The van der Waals surface area contributed by atoms with Crippen LogP contribution in [0.2, 0.25) is 0 Å². The summed E-state index contributed by atoms with van der Waals surface area (Å²) in [6, 6.07) is 17.2. The van der Waals surface area contributed by atoms with Gasteiger partial charge >= 0.3 is 11.7 Å². The van der Waals surface area contributed by atoms with Gasteiger partial charge in [-0.1, -0.05) is 42.5 Å². The van der Waals surface area contributed by atoms with E-state index in [1.54, 1.807) is 4.57 Å². The highest BCUT2D eigenvalue weighted by Gasteiger charge is 2.30. The Morgan fingerprint density at radius 2 is 1.62 bits per heavy atom. The zero-order valence-electron chi connectivity index (χ0n) is 19.3. The number of carbonyl (C=O) groups is 1. The molecular weight excluding hydrogens is 452 g/mol. The number of halogens is 1. The molecule has 0 bridgehead atoms. The van der Waals surface area contributed by atoms with Gasteiger partial charge in [-0.3, -0.25) is 4.57 Å². The summed E-state index contributed by atoms with van der Waals surface area (Å²) in [5.41, 5.74) is 2.25. The number of para-hydroxylation sites is 2. The van der Waals surface area contributed by atoms with E-state index in [0.29, 0.717) is 18.0 Å². The molecule has 1 unspecified atom stereocenters. The molecule has 1 atom stereocenters. The number of nitrogens with zero attached hydrogens (tertiary/aromatic N) is 3. The molecule has 1 saturated carbocycles. The Labute approximate surface area is 205 Å². The van der Waals surface area contributed by atoms with Crippen LogP contribution in [0.5, 0.6) is 0 Å². The molecule has 1 aliphatic heterocycles. The van der Waals surface area contributed by atoms with Crippen molar-refractivity contribution in [1.29, 1.82) is 0 Å². The minimum Gasteiger partial charge on any atom is -0.388 e. The van der Waals surface area contributed by atoms with Gasteiger partial charge in [-0.2, -0.15) is 0 Å². The molecule has 0 spiro atoms. The summed E-state index contributed by atoms with van der Waals surface area (Å²) in [7, 11) is 0. The standard InChI is InChI=1S/C26H32N4O3.ClH/c31-24(20-6-2-1-3-7-20)14-17-28-15-12-19(13-16-28)18-27-25(32)30-23-9-5-4-8-22(23)29(26(30)33)21-10-11-21;/h1-9,19,21,24,31H,10-18H2,(H,27,32);1H. The number of aliphatic hydroxyl groups excluding tert-OH is 1. The van der Waals surface area contributed by atoms with Gasteiger partial charge in [0, 0.05) is 19.1 Å². The summed E-state index contributed by atoms with van der Waals surface area (Å²) in [5.74, 6) is 0.400.